The molecule has 1 aromatic carbocycles. The van der Waals surface area contributed by atoms with Crippen molar-refractivity contribution < 1.29 is 19.5 Å². The maximum absolute atomic E-state index is 12.1. The van der Waals surface area contributed by atoms with Crippen LogP contribution in [0.5, 0.6) is 0 Å². The zero-order valence-electron chi connectivity index (χ0n) is 13.4. The normalized spacial score (nSPS) is 18.8. The van der Waals surface area contributed by atoms with E-state index in [2.05, 4.69) is 5.32 Å². The highest BCUT2D eigenvalue weighted by atomic mass is 16.4. The number of nitrogens with zero attached hydrogens (tertiary/aromatic N) is 1. The molecule has 0 saturated carbocycles. The molecule has 0 aromatic heterocycles. The van der Waals surface area contributed by atoms with E-state index in [1.807, 2.05) is 31.2 Å². The maximum Gasteiger partial charge on any atom is 0.308 e. The average Bonchev–Trinajstić information content (AvgIpc) is 2.82. The zero-order valence-corrected chi connectivity index (χ0v) is 13.4. The molecule has 1 heterocycles. The quantitative estimate of drug-likeness (QED) is 0.813. The van der Waals surface area contributed by atoms with Crippen LogP contribution in [0.3, 0.4) is 0 Å². The fourth-order valence-corrected chi connectivity index (χ4v) is 2.78. The largest absolute Gasteiger partial charge is 0.481 e. The highest BCUT2D eigenvalue weighted by molar-refractivity contribution is 5.89. The number of rotatable bonds is 6. The van der Waals surface area contributed by atoms with Crippen molar-refractivity contribution in [3.8, 4) is 0 Å². The monoisotopic (exact) mass is 318 g/mol. The van der Waals surface area contributed by atoms with Crippen LogP contribution in [0, 0.1) is 18.8 Å². The second kappa shape index (κ2) is 7.26. The van der Waals surface area contributed by atoms with Crippen molar-refractivity contribution in [1.29, 1.82) is 0 Å². The molecule has 2 rings (SSSR count). The second-order valence-electron chi connectivity index (χ2n) is 6.15. The Bertz CT molecular complexity index is 614. The number of hydrogen-bond acceptors (Lipinski definition) is 3. The van der Waals surface area contributed by atoms with Gasteiger partial charge in [0.15, 0.2) is 0 Å². The molecule has 1 aliphatic rings. The molecule has 0 radical (unpaired) electrons. The Kier molecular flexibility index (Phi) is 5.36. The van der Waals surface area contributed by atoms with Crippen molar-refractivity contribution in [2.45, 2.75) is 19.8 Å². The Hall–Kier alpha value is -2.37. The number of benzene rings is 1. The van der Waals surface area contributed by atoms with Crippen LogP contribution in [0.25, 0.3) is 0 Å². The molecule has 1 saturated heterocycles. The number of carbonyl (C=O) groups is 3. The van der Waals surface area contributed by atoms with Crippen LogP contribution < -0.4 is 5.32 Å². The molecule has 2 N–H and O–H groups in total. The third-order valence-electron chi connectivity index (χ3n) is 4.15. The summed E-state index contributed by atoms with van der Waals surface area (Å²) < 4.78 is 0. The van der Waals surface area contributed by atoms with Crippen LogP contribution in [0.1, 0.15) is 17.5 Å². The number of carbonyl (C=O) groups excluding carboxylic acids is 2. The van der Waals surface area contributed by atoms with Gasteiger partial charge in [-0.1, -0.05) is 29.8 Å². The molecule has 6 heteroatoms. The second-order valence-corrected chi connectivity index (χ2v) is 6.15. The molecule has 23 heavy (non-hydrogen) atoms. The van der Waals surface area contributed by atoms with E-state index in [-0.39, 0.29) is 30.7 Å². The summed E-state index contributed by atoms with van der Waals surface area (Å²) in [6.45, 7) is 2.41. The van der Waals surface area contributed by atoms with E-state index in [0.717, 1.165) is 11.1 Å². The standard InChI is InChI=1S/C17H22N2O4/c1-11-4-3-5-12(6-11)7-13(17(22)23)9-18-16(21)14-8-15(20)19(2)10-14/h3-6,13-14H,7-10H2,1-2H3,(H,18,21)(H,22,23)/t13-,14-/m1/s1. The summed E-state index contributed by atoms with van der Waals surface area (Å²) >= 11 is 0. The first-order valence-corrected chi connectivity index (χ1v) is 7.67. The molecule has 1 aliphatic heterocycles. The van der Waals surface area contributed by atoms with Gasteiger partial charge in [0, 0.05) is 26.6 Å². The molecule has 2 atom stereocenters. The van der Waals surface area contributed by atoms with E-state index in [0.29, 0.717) is 13.0 Å². The van der Waals surface area contributed by atoms with Gasteiger partial charge in [0.1, 0.15) is 0 Å². The first kappa shape index (κ1) is 17.0. The van der Waals surface area contributed by atoms with Gasteiger partial charge in [0.25, 0.3) is 0 Å². The van der Waals surface area contributed by atoms with Gasteiger partial charge >= 0.3 is 5.97 Å². The van der Waals surface area contributed by atoms with Crippen molar-refractivity contribution in [2.75, 3.05) is 20.1 Å². The number of carboxylic acids is 1. The van der Waals surface area contributed by atoms with E-state index in [1.54, 1.807) is 7.05 Å². The lowest BCUT2D eigenvalue weighted by atomic mass is 9.98. The third-order valence-corrected chi connectivity index (χ3v) is 4.15. The van der Waals surface area contributed by atoms with Crippen LogP contribution in [0.4, 0.5) is 0 Å². The van der Waals surface area contributed by atoms with Crippen molar-refractivity contribution in [1.82, 2.24) is 10.2 Å². The predicted molar refractivity (Wildman–Crippen MR) is 84.8 cm³/mol. The van der Waals surface area contributed by atoms with Crippen molar-refractivity contribution in [3.63, 3.8) is 0 Å². The molecule has 0 spiro atoms. The Labute approximate surface area is 135 Å². The summed E-state index contributed by atoms with van der Waals surface area (Å²) in [6.07, 6.45) is 0.554. The summed E-state index contributed by atoms with van der Waals surface area (Å²) in [6, 6.07) is 7.68. The number of aryl methyl sites for hydroxylation is 1. The number of likely N-dealkylation sites (tertiary alicyclic amines) is 1. The fraction of sp³-hybridized carbons (Fsp3) is 0.471. The number of carboxylic acid groups (broad SMARTS) is 1. The first-order chi connectivity index (χ1) is 10.9. The van der Waals surface area contributed by atoms with Gasteiger partial charge in [-0.3, -0.25) is 14.4 Å². The van der Waals surface area contributed by atoms with Gasteiger partial charge in [-0.15, -0.1) is 0 Å². The number of amides is 2. The molecule has 124 valence electrons. The summed E-state index contributed by atoms with van der Waals surface area (Å²) in [5.74, 6) is -2.32. The van der Waals surface area contributed by atoms with Crippen molar-refractivity contribution in [3.05, 3.63) is 35.4 Å². The molecule has 2 amide bonds. The minimum absolute atomic E-state index is 0.0558. The van der Waals surface area contributed by atoms with Crippen LogP contribution in [0.15, 0.2) is 24.3 Å². The van der Waals surface area contributed by atoms with Gasteiger partial charge < -0.3 is 15.3 Å². The van der Waals surface area contributed by atoms with E-state index < -0.39 is 11.9 Å². The maximum atomic E-state index is 12.1. The Morgan fingerprint density at radius 2 is 2.17 bits per heavy atom. The van der Waals surface area contributed by atoms with E-state index in [4.69, 9.17) is 0 Å². The van der Waals surface area contributed by atoms with Gasteiger partial charge in [-0.05, 0) is 18.9 Å². The van der Waals surface area contributed by atoms with E-state index >= 15 is 0 Å². The minimum atomic E-state index is -0.938. The lowest BCUT2D eigenvalue weighted by molar-refractivity contribution is -0.141. The summed E-state index contributed by atoms with van der Waals surface area (Å²) in [4.78, 5) is 36.5. The topological polar surface area (TPSA) is 86.7 Å². The van der Waals surface area contributed by atoms with Crippen LogP contribution in [0.2, 0.25) is 0 Å². The highest BCUT2D eigenvalue weighted by Crippen LogP contribution is 2.16. The van der Waals surface area contributed by atoms with Crippen molar-refractivity contribution in [2.24, 2.45) is 11.8 Å². The summed E-state index contributed by atoms with van der Waals surface area (Å²) in [7, 11) is 1.66. The smallest absolute Gasteiger partial charge is 0.308 e. The lowest BCUT2D eigenvalue weighted by Crippen LogP contribution is -2.38. The van der Waals surface area contributed by atoms with Gasteiger partial charge in [-0.2, -0.15) is 0 Å². The number of hydrogen-bond donors (Lipinski definition) is 2. The van der Waals surface area contributed by atoms with Crippen LogP contribution in [-0.4, -0.2) is 47.9 Å². The number of nitrogens with one attached hydrogen (secondary N) is 1. The summed E-state index contributed by atoms with van der Waals surface area (Å²) in [5, 5.41) is 12.0. The molecular weight excluding hydrogens is 296 g/mol. The molecule has 1 aromatic rings. The molecule has 0 unspecified atom stereocenters. The molecule has 6 nitrogen and oxygen atoms in total. The Morgan fingerprint density at radius 1 is 1.43 bits per heavy atom. The molecule has 0 bridgehead atoms. The zero-order chi connectivity index (χ0) is 17.0. The van der Waals surface area contributed by atoms with Crippen LogP contribution >= 0.6 is 0 Å². The SMILES string of the molecule is Cc1cccc(C[C@H](CNC(=O)[C@@H]2CC(=O)N(C)C2)C(=O)O)c1. The average molecular weight is 318 g/mol. The predicted octanol–water partition coefficient (Wildman–Crippen LogP) is 0.833. The molecular formula is C17H22N2O4. The summed E-state index contributed by atoms with van der Waals surface area (Å²) in [5.41, 5.74) is 2.01. The Balaban J connectivity index is 1.91. The highest BCUT2D eigenvalue weighted by Gasteiger charge is 2.32. The molecule has 1 fully saturated rings. The van der Waals surface area contributed by atoms with E-state index in [1.165, 1.54) is 4.90 Å². The lowest BCUT2D eigenvalue weighted by Gasteiger charge is -2.16. The third kappa shape index (κ3) is 4.55. The minimum Gasteiger partial charge on any atom is -0.481 e. The Morgan fingerprint density at radius 3 is 2.74 bits per heavy atom. The number of aliphatic carboxylic acids is 1. The molecule has 0 aliphatic carbocycles. The van der Waals surface area contributed by atoms with Gasteiger partial charge in [-0.25, -0.2) is 0 Å². The van der Waals surface area contributed by atoms with Crippen molar-refractivity contribution >= 4 is 17.8 Å². The van der Waals surface area contributed by atoms with Crippen LogP contribution in [-0.2, 0) is 20.8 Å². The van der Waals surface area contributed by atoms with Gasteiger partial charge in [0.2, 0.25) is 11.8 Å². The first-order valence-electron chi connectivity index (χ1n) is 7.67. The fourth-order valence-electron chi connectivity index (χ4n) is 2.78. The van der Waals surface area contributed by atoms with E-state index in [9.17, 15) is 19.5 Å². The van der Waals surface area contributed by atoms with Gasteiger partial charge in [0.05, 0.1) is 11.8 Å².